The van der Waals surface area contributed by atoms with E-state index in [2.05, 4.69) is 4.72 Å². The Kier molecular flexibility index (Phi) is 6.71. The van der Waals surface area contributed by atoms with Crippen LogP contribution in [-0.4, -0.2) is 67.0 Å². The number of rotatable bonds is 6. The summed E-state index contributed by atoms with van der Waals surface area (Å²) in [5.41, 5.74) is -0.268. The topological polar surface area (TPSA) is 86.8 Å². The minimum Gasteiger partial charge on any atom is -0.342 e. The molecule has 2 aliphatic rings. The number of nitrogens with zero attached hydrogens (tertiary/aromatic N) is 2. The molecule has 7 nitrogen and oxygen atoms in total. The molecule has 2 heterocycles. The lowest BCUT2D eigenvalue weighted by atomic mass is 10.0. The van der Waals surface area contributed by atoms with E-state index in [-0.39, 0.29) is 41.5 Å². The first-order chi connectivity index (χ1) is 12.0. The summed E-state index contributed by atoms with van der Waals surface area (Å²) in [5.74, 6) is -0.0542. The average molecular weight is 388 g/mol. The van der Waals surface area contributed by atoms with Gasteiger partial charge in [0.15, 0.2) is 0 Å². The SMILES string of the molecule is CCCCS(=O)(=O)NC1CCN(C(=O)C2CC(=O)N(C(C)(C)C)C2)CC1. The van der Waals surface area contributed by atoms with E-state index in [4.69, 9.17) is 0 Å². The number of carbonyl (C=O) groups excluding carboxylic acids is 2. The van der Waals surface area contributed by atoms with Crippen LogP contribution >= 0.6 is 0 Å². The Hall–Kier alpha value is -1.15. The number of amides is 2. The summed E-state index contributed by atoms with van der Waals surface area (Å²) < 4.78 is 26.8. The highest BCUT2D eigenvalue weighted by Crippen LogP contribution is 2.28. The molecule has 2 fully saturated rings. The molecule has 26 heavy (non-hydrogen) atoms. The zero-order chi connectivity index (χ0) is 19.5. The Morgan fingerprint density at radius 1 is 1.23 bits per heavy atom. The molecule has 8 heteroatoms. The van der Waals surface area contributed by atoms with Crippen molar-refractivity contribution in [2.24, 2.45) is 5.92 Å². The summed E-state index contributed by atoms with van der Waals surface area (Å²) in [7, 11) is -3.23. The molecule has 2 aliphatic heterocycles. The van der Waals surface area contributed by atoms with Crippen molar-refractivity contribution in [3.63, 3.8) is 0 Å². The summed E-state index contributed by atoms with van der Waals surface area (Å²) in [5, 5.41) is 0. The van der Waals surface area contributed by atoms with Gasteiger partial charge in [0, 0.05) is 37.6 Å². The molecule has 2 rings (SSSR count). The Labute approximate surface area is 157 Å². The number of hydrogen-bond acceptors (Lipinski definition) is 4. The maximum absolute atomic E-state index is 12.8. The van der Waals surface area contributed by atoms with Gasteiger partial charge < -0.3 is 9.80 Å². The zero-order valence-corrected chi connectivity index (χ0v) is 17.3. The van der Waals surface area contributed by atoms with Crippen LogP contribution < -0.4 is 4.72 Å². The number of nitrogens with one attached hydrogen (secondary N) is 1. The first kappa shape index (κ1) is 21.2. The van der Waals surface area contributed by atoms with Crippen LogP contribution in [0.1, 0.15) is 59.8 Å². The van der Waals surface area contributed by atoms with Gasteiger partial charge in [0.1, 0.15) is 0 Å². The maximum Gasteiger partial charge on any atom is 0.227 e. The molecule has 0 aromatic carbocycles. The van der Waals surface area contributed by atoms with Crippen molar-refractivity contribution in [3.8, 4) is 0 Å². The number of sulfonamides is 1. The first-order valence-corrected chi connectivity index (χ1v) is 11.3. The van der Waals surface area contributed by atoms with Gasteiger partial charge in [-0.3, -0.25) is 9.59 Å². The fourth-order valence-corrected chi connectivity index (χ4v) is 5.17. The van der Waals surface area contributed by atoms with E-state index in [9.17, 15) is 18.0 Å². The van der Waals surface area contributed by atoms with E-state index in [1.54, 1.807) is 9.80 Å². The monoisotopic (exact) mass is 387 g/mol. The third-order valence-corrected chi connectivity index (χ3v) is 6.72. The fourth-order valence-electron chi connectivity index (χ4n) is 3.64. The molecule has 1 unspecified atom stereocenters. The fraction of sp³-hybridized carbons (Fsp3) is 0.889. The minimum atomic E-state index is -3.23. The highest BCUT2D eigenvalue weighted by Gasteiger charge is 2.41. The van der Waals surface area contributed by atoms with E-state index < -0.39 is 10.0 Å². The van der Waals surface area contributed by atoms with Crippen LogP contribution in [0.15, 0.2) is 0 Å². The van der Waals surface area contributed by atoms with Crippen molar-refractivity contribution in [1.29, 1.82) is 0 Å². The number of unbranched alkanes of at least 4 members (excludes halogenated alkanes) is 1. The van der Waals surface area contributed by atoms with Crippen molar-refractivity contribution in [2.75, 3.05) is 25.4 Å². The van der Waals surface area contributed by atoms with E-state index >= 15 is 0 Å². The Balaban J connectivity index is 1.84. The molecule has 0 aromatic rings. The number of carbonyl (C=O) groups is 2. The van der Waals surface area contributed by atoms with Crippen molar-refractivity contribution >= 4 is 21.8 Å². The number of likely N-dealkylation sites (tertiary alicyclic amines) is 2. The van der Waals surface area contributed by atoms with Gasteiger partial charge in [0.25, 0.3) is 0 Å². The second-order valence-corrected chi connectivity index (χ2v) is 10.3. The molecule has 0 radical (unpaired) electrons. The summed E-state index contributed by atoms with van der Waals surface area (Å²) in [6.07, 6.45) is 3.04. The van der Waals surface area contributed by atoms with Gasteiger partial charge in [-0.2, -0.15) is 0 Å². The molecule has 0 bridgehead atoms. The van der Waals surface area contributed by atoms with Crippen LogP contribution in [0.25, 0.3) is 0 Å². The predicted molar refractivity (Wildman–Crippen MR) is 101 cm³/mol. The van der Waals surface area contributed by atoms with E-state index in [0.717, 1.165) is 6.42 Å². The maximum atomic E-state index is 12.8. The lowest BCUT2D eigenvalue weighted by Gasteiger charge is -2.35. The van der Waals surface area contributed by atoms with Gasteiger partial charge in [-0.25, -0.2) is 13.1 Å². The lowest BCUT2D eigenvalue weighted by molar-refractivity contribution is -0.136. The van der Waals surface area contributed by atoms with Gasteiger partial charge in [-0.1, -0.05) is 13.3 Å². The summed E-state index contributed by atoms with van der Waals surface area (Å²) in [6.45, 7) is 9.47. The number of hydrogen-bond donors (Lipinski definition) is 1. The van der Waals surface area contributed by atoms with Crippen molar-refractivity contribution in [2.45, 2.75) is 71.4 Å². The standard InChI is InChI=1S/C18H33N3O4S/c1-5-6-11-26(24,25)19-15-7-9-20(10-8-15)17(23)14-12-16(22)21(13-14)18(2,3)4/h14-15,19H,5-13H2,1-4H3. The predicted octanol–water partition coefficient (Wildman–Crippen LogP) is 1.34. The van der Waals surface area contributed by atoms with Crippen LogP contribution in [0.4, 0.5) is 0 Å². The Morgan fingerprint density at radius 2 is 1.85 bits per heavy atom. The molecule has 0 spiro atoms. The molecule has 2 saturated heterocycles. The second kappa shape index (κ2) is 8.25. The minimum absolute atomic E-state index is 0.0254. The van der Waals surface area contributed by atoms with Crippen molar-refractivity contribution < 1.29 is 18.0 Å². The highest BCUT2D eigenvalue weighted by atomic mass is 32.2. The van der Waals surface area contributed by atoms with E-state index in [1.165, 1.54) is 0 Å². The van der Waals surface area contributed by atoms with Gasteiger partial charge >= 0.3 is 0 Å². The molecule has 2 amide bonds. The Morgan fingerprint density at radius 3 is 2.35 bits per heavy atom. The third-order valence-electron chi connectivity index (χ3n) is 5.20. The van der Waals surface area contributed by atoms with Crippen molar-refractivity contribution in [3.05, 3.63) is 0 Å². The molecule has 1 N–H and O–H groups in total. The van der Waals surface area contributed by atoms with Gasteiger partial charge in [-0.15, -0.1) is 0 Å². The van der Waals surface area contributed by atoms with Crippen molar-refractivity contribution in [1.82, 2.24) is 14.5 Å². The lowest BCUT2D eigenvalue weighted by Crippen LogP contribution is -2.49. The largest absolute Gasteiger partial charge is 0.342 e. The quantitative estimate of drug-likeness (QED) is 0.745. The first-order valence-electron chi connectivity index (χ1n) is 9.62. The summed E-state index contributed by atoms with van der Waals surface area (Å²) in [4.78, 5) is 28.5. The van der Waals surface area contributed by atoms with E-state index in [0.29, 0.717) is 38.9 Å². The van der Waals surface area contributed by atoms with Crippen LogP contribution in [0.5, 0.6) is 0 Å². The average Bonchev–Trinajstić information content (AvgIpc) is 2.95. The normalized spacial score (nSPS) is 22.9. The smallest absolute Gasteiger partial charge is 0.227 e. The van der Waals surface area contributed by atoms with Crippen LogP contribution in [0, 0.1) is 5.92 Å². The van der Waals surface area contributed by atoms with Gasteiger partial charge in [0.2, 0.25) is 21.8 Å². The van der Waals surface area contributed by atoms with Gasteiger partial charge in [0.05, 0.1) is 11.7 Å². The summed E-state index contributed by atoms with van der Waals surface area (Å²) in [6, 6.07) is -0.0998. The zero-order valence-electron chi connectivity index (χ0n) is 16.5. The number of piperidine rings is 1. The molecular weight excluding hydrogens is 354 g/mol. The molecule has 0 aromatic heterocycles. The highest BCUT2D eigenvalue weighted by molar-refractivity contribution is 7.89. The molecular formula is C18H33N3O4S. The second-order valence-electron chi connectivity index (χ2n) is 8.47. The van der Waals surface area contributed by atoms with Crippen LogP contribution in [-0.2, 0) is 19.6 Å². The Bertz CT molecular complexity index is 619. The van der Waals surface area contributed by atoms with Crippen LogP contribution in [0.3, 0.4) is 0 Å². The van der Waals surface area contributed by atoms with Gasteiger partial charge in [-0.05, 0) is 40.0 Å². The van der Waals surface area contributed by atoms with Crippen LogP contribution in [0.2, 0.25) is 0 Å². The summed E-state index contributed by atoms with van der Waals surface area (Å²) >= 11 is 0. The molecule has 1 atom stereocenters. The molecule has 0 saturated carbocycles. The molecule has 0 aliphatic carbocycles. The third kappa shape index (κ3) is 5.42. The van der Waals surface area contributed by atoms with E-state index in [1.807, 2.05) is 27.7 Å². The molecule has 150 valence electrons.